The van der Waals surface area contributed by atoms with Gasteiger partial charge in [0.2, 0.25) is 0 Å². The zero-order chi connectivity index (χ0) is 12.0. The van der Waals surface area contributed by atoms with Gasteiger partial charge in [-0.15, -0.1) is 0 Å². The summed E-state index contributed by atoms with van der Waals surface area (Å²) in [4.78, 5) is 18.3. The van der Waals surface area contributed by atoms with Gasteiger partial charge >= 0.3 is 0 Å². The van der Waals surface area contributed by atoms with Crippen LogP contribution in [0.2, 0.25) is 0 Å². The number of aromatic nitrogens is 2. The molecular formula is C11H20N4O. The van der Waals surface area contributed by atoms with Crippen molar-refractivity contribution in [2.75, 3.05) is 11.9 Å². The smallest absolute Gasteiger partial charge is 0.252 e. The van der Waals surface area contributed by atoms with Gasteiger partial charge in [0.15, 0.2) is 0 Å². The van der Waals surface area contributed by atoms with Crippen molar-refractivity contribution in [1.29, 1.82) is 0 Å². The zero-order valence-corrected chi connectivity index (χ0v) is 9.92. The highest BCUT2D eigenvalue weighted by molar-refractivity contribution is 5.34. The summed E-state index contributed by atoms with van der Waals surface area (Å²) < 4.78 is 0. The minimum Gasteiger partial charge on any atom is -0.367 e. The first-order valence-corrected chi connectivity index (χ1v) is 5.76. The Balaban J connectivity index is 2.79. The van der Waals surface area contributed by atoms with Crippen LogP contribution in [0.4, 0.5) is 5.82 Å². The average molecular weight is 224 g/mol. The van der Waals surface area contributed by atoms with Crippen molar-refractivity contribution >= 4 is 5.82 Å². The van der Waals surface area contributed by atoms with E-state index in [9.17, 15) is 4.79 Å². The third kappa shape index (κ3) is 3.66. The summed E-state index contributed by atoms with van der Waals surface area (Å²) in [6.45, 7) is 4.68. The van der Waals surface area contributed by atoms with Gasteiger partial charge in [-0.2, -0.15) is 0 Å². The molecule has 1 rings (SSSR count). The molecule has 0 fully saturated rings. The molecule has 1 heterocycles. The van der Waals surface area contributed by atoms with Gasteiger partial charge in [0, 0.05) is 18.5 Å². The maximum atomic E-state index is 11.3. The van der Waals surface area contributed by atoms with E-state index >= 15 is 0 Å². The third-order valence-electron chi connectivity index (χ3n) is 2.49. The fourth-order valence-corrected chi connectivity index (χ4v) is 1.54. The average Bonchev–Trinajstić information content (AvgIpc) is 2.27. The molecule has 0 aromatic carbocycles. The minimum atomic E-state index is -0.114. The lowest BCUT2D eigenvalue weighted by Gasteiger charge is -2.16. The SMILES string of the molecule is CCc1nc(NC(CC)CCN)cc(=O)[nH]1. The molecule has 0 spiro atoms. The first-order chi connectivity index (χ1) is 7.69. The number of aryl methyl sites for hydroxylation is 1. The first kappa shape index (κ1) is 12.7. The monoisotopic (exact) mass is 224 g/mol. The predicted octanol–water partition coefficient (Wildman–Crippen LogP) is 0.872. The second kappa shape index (κ2) is 6.27. The zero-order valence-electron chi connectivity index (χ0n) is 9.92. The lowest BCUT2D eigenvalue weighted by Crippen LogP contribution is -2.24. The van der Waals surface area contributed by atoms with E-state index < -0.39 is 0 Å². The van der Waals surface area contributed by atoms with Crippen molar-refractivity contribution in [3.63, 3.8) is 0 Å². The highest BCUT2D eigenvalue weighted by Gasteiger charge is 2.06. The fourth-order valence-electron chi connectivity index (χ4n) is 1.54. The van der Waals surface area contributed by atoms with Crippen LogP contribution < -0.4 is 16.6 Å². The van der Waals surface area contributed by atoms with Crippen LogP contribution in [0.1, 0.15) is 32.5 Å². The Hall–Kier alpha value is -1.36. The van der Waals surface area contributed by atoms with Crippen LogP contribution >= 0.6 is 0 Å². The topological polar surface area (TPSA) is 83.8 Å². The quantitative estimate of drug-likeness (QED) is 0.669. The molecule has 5 heteroatoms. The third-order valence-corrected chi connectivity index (χ3v) is 2.49. The van der Waals surface area contributed by atoms with Crippen LogP contribution in [0.5, 0.6) is 0 Å². The standard InChI is InChI=1S/C11H20N4O/c1-3-8(5-6-12)13-10-7-11(16)15-9(4-2)14-10/h7-8H,3-6,12H2,1-2H3,(H2,13,14,15,16). The Morgan fingerprint density at radius 3 is 2.88 bits per heavy atom. The molecule has 0 saturated heterocycles. The van der Waals surface area contributed by atoms with Gasteiger partial charge in [0.25, 0.3) is 5.56 Å². The van der Waals surface area contributed by atoms with E-state index in [1.54, 1.807) is 0 Å². The Morgan fingerprint density at radius 2 is 2.31 bits per heavy atom. The van der Waals surface area contributed by atoms with E-state index in [1.165, 1.54) is 6.07 Å². The van der Waals surface area contributed by atoms with Gasteiger partial charge in [0.05, 0.1) is 0 Å². The molecule has 0 amide bonds. The second-order valence-corrected chi connectivity index (χ2v) is 3.76. The van der Waals surface area contributed by atoms with Gasteiger partial charge in [-0.3, -0.25) is 4.79 Å². The largest absolute Gasteiger partial charge is 0.367 e. The number of anilines is 1. The predicted molar refractivity (Wildman–Crippen MR) is 65.6 cm³/mol. The van der Waals surface area contributed by atoms with Gasteiger partial charge in [-0.1, -0.05) is 13.8 Å². The lowest BCUT2D eigenvalue weighted by atomic mass is 10.1. The van der Waals surface area contributed by atoms with E-state index in [0.29, 0.717) is 18.2 Å². The van der Waals surface area contributed by atoms with Crippen LogP contribution in [-0.4, -0.2) is 22.6 Å². The molecule has 0 saturated carbocycles. The molecule has 16 heavy (non-hydrogen) atoms. The molecule has 5 nitrogen and oxygen atoms in total. The summed E-state index contributed by atoms with van der Waals surface area (Å²) in [5.41, 5.74) is 5.40. The molecule has 4 N–H and O–H groups in total. The molecule has 0 aliphatic rings. The van der Waals surface area contributed by atoms with Crippen molar-refractivity contribution in [2.24, 2.45) is 5.73 Å². The normalized spacial score (nSPS) is 12.4. The molecule has 0 aliphatic heterocycles. The molecule has 0 bridgehead atoms. The second-order valence-electron chi connectivity index (χ2n) is 3.76. The number of hydrogen-bond acceptors (Lipinski definition) is 4. The number of nitrogens with one attached hydrogen (secondary N) is 2. The van der Waals surface area contributed by atoms with Crippen LogP contribution in [0, 0.1) is 0 Å². The molecular weight excluding hydrogens is 204 g/mol. The van der Waals surface area contributed by atoms with Crippen LogP contribution in [0.25, 0.3) is 0 Å². The molecule has 1 aromatic rings. The van der Waals surface area contributed by atoms with Crippen molar-refractivity contribution in [3.05, 3.63) is 22.2 Å². The number of nitrogens with zero attached hydrogens (tertiary/aromatic N) is 1. The Bertz CT molecular complexity index is 374. The summed E-state index contributed by atoms with van der Waals surface area (Å²) >= 11 is 0. The first-order valence-electron chi connectivity index (χ1n) is 5.76. The van der Waals surface area contributed by atoms with Gasteiger partial charge in [-0.05, 0) is 19.4 Å². The molecule has 1 aromatic heterocycles. The maximum Gasteiger partial charge on any atom is 0.252 e. The van der Waals surface area contributed by atoms with Crippen LogP contribution in [0.15, 0.2) is 10.9 Å². The van der Waals surface area contributed by atoms with Crippen LogP contribution in [0.3, 0.4) is 0 Å². The molecule has 1 atom stereocenters. The summed E-state index contributed by atoms with van der Waals surface area (Å²) in [6, 6.07) is 1.77. The van der Waals surface area contributed by atoms with E-state index in [1.807, 2.05) is 6.92 Å². The molecule has 0 aliphatic carbocycles. The number of rotatable bonds is 6. The fraction of sp³-hybridized carbons (Fsp3) is 0.636. The Labute approximate surface area is 95.5 Å². The van der Waals surface area contributed by atoms with Crippen molar-refractivity contribution < 1.29 is 0 Å². The van der Waals surface area contributed by atoms with E-state index in [4.69, 9.17) is 5.73 Å². The van der Waals surface area contributed by atoms with Crippen molar-refractivity contribution in [1.82, 2.24) is 9.97 Å². The highest BCUT2D eigenvalue weighted by Crippen LogP contribution is 2.06. The lowest BCUT2D eigenvalue weighted by molar-refractivity contribution is 0.638. The number of aromatic amines is 1. The Kier molecular flexibility index (Phi) is 4.98. The van der Waals surface area contributed by atoms with Crippen molar-refractivity contribution in [3.8, 4) is 0 Å². The van der Waals surface area contributed by atoms with E-state index in [2.05, 4.69) is 22.2 Å². The van der Waals surface area contributed by atoms with E-state index in [0.717, 1.165) is 19.3 Å². The Morgan fingerprint density at radius 1 is 1.56 bits per heavy atom. The summed E-state index contributed by atoms with van der Waals surface area (Å²) in [7, 11) is 0. The van der Waals surface area contributed by atoms with Gasteiger partial charge in [0.1, 0.15) is 11.6 Å². The molecule has 1 unspecified atom stereocenters. The highest BCUT2D eigenvalue weighted by atomic mass is 16.1. The maximum absolute atomic E-state index is 11.3. The molecule has 90 valence electrons. The minimum absolute atomic E-state index is 0.114. The number of nitrogens with two attached hydrogens (primary N) is 1. The summed E-state index contributed by atoms with van der Waals surface area (Å²) in [5, 5.41) is 3.23. The number of hydrogen-bond donors (Lipinski definition) is 3. The van der Waals surface area contributed by atoms with Gasteiger partial charge in [-0.25, -0.2) is 4.98 Å². The number of H-pyrrole nitrogens is 1. The van der Waals surface area contributed by atoms with E-state index in [-0.39, 0.29) is 11.6 Å². The van der Waals surface area contributed by atoms with Crippen molar-refractivity contribution in [2.45, 2.75) is 39.2 Å². The summed E-state index contributed by atoms with van der Waals surface area (Å²) in [5.74, 6) is 1.35. The molecule has 0 radical (unpaired) electrons. The summed E-state index contributed by atoms with van der Waals surface area (Å²) in [6.07, 6.45) is 2.57. The van der Waals surface area contributed by atoms with Crippen LogP contribution in [-0.2, 0) is 6.42 Å². The van der Waals surface area contributed by atoms with Gasteiger partial charge < -0.3 is 16.0 Å².